The SMILES string of the molecule is NCCCCC(=O)c1ccncc1F. The molecule has 0 saturated carbocycles. The molecule has 1 rings (SSSR count). The van der Waals surface area contributed by atoms with Gasteiger partial charge < -0.3 is 5.73 Å². The number of nitrogens with two attached hydrogens (primary N) is 1. The number of halogens is 1. The lowest BCUT2D eigenvalue weighted by Crippen LogP contribution is -2.05. The van der Waals surface area contributed by atoms with Gasteiger partial charge in [-0.3, -0.25) is 9.78 Å². The Morgan fingerprint density at radius 3 is 2.93 bits per heavy atom. The number of unbranched alkanes of at least 4 members (excludes halogenated alkanes) is 1. The summed E-state index contributed by atoms with van der Waals surface area (Å²) < 4.78 is 13.0. The predicted octanol–water partition coefficient (Wildman–Crippen LogP) is 1.53. The number of rotatable bonds is 5. The standard InChI is InChI=1S/C10H13FN2O/c11-9-7-13-6-4-8(9)10(14)3-1-2-5-12/h4,6-7H,1-3,5,12H2. The third-order valence-electron chi connectivity index (χ3n) is 1.93. The monoisotopic (exact) mass is 196 g/mol. The van der Waals surface area contributed by atoms with Crippen molar-refractivity contribution in [3.05, 3.63) is 29.8 Å². The first kappa shape index (κ1) is 10.8. The lowest BCUT2D eigenvalue weighted by atomic mass is 10.1. The zero-order valence-corrected chi connectivity index (χ0v) is 7.87. The van der Waals surface area contributed by atoms with E-state index < -0.39 is 5.82 Å². The fraction of sp³-hybridized carbons (Fsp3) is 0.400. The van der Waals surface area contributed by atoms with Crippen molar-refractivity contribution in [2.75, 3.05) is 6.54 Å². The highest BCUT2D eigenvalue weighted by Crippen LogP contribution is 2.09. The maximum absolute atomic E-state index is 13.0. The number of hydrogen-bond acceptors (Lipinski definition) is 3. The van der Waals surface area contributed by atoms with Crippen LogP contribution in [0.4, 0.5) is 4.39 Å². The molecule has 1 aromatic rings. The first-order valence-corrected chi connectivity index (χ1v) is 4.58. The molecule has 0 bridgehead atoms. The van der Waals surface area contributed by atoms with Gasteiger partial charge in [0.2, 0.25) is 0 Å². The maximum atomic E-state index is 13.0. The van der Waals surface area contributed by atoms with Gasteiger partial charge in [0.05, 0.1) is 11.8 Å². The Kier molecular flexibility index (Phi) is 4.19. The molecule has 0 amide bonds. The van der Waals surface area contributed by atoms with Crippen LogP contribution in [0, 0.1) is 5.82 Å². The molecule has 14 heavy (non-hydrogen) atoms. The first-order valence-electron chi connectivity index (χ1n) is 4.58. The van der Waals surface area contributed by atoms with Gasteiger partial charge in [0.1, 0.15) is 0 Å². The van der Waals surface area contributed by atoms with Crippen molar-refractivity contribution in [2.24, 2.45) is 5.73 Å². The number of hydrogen-bond donors (Lipinski definition) is 1. The Balaban J connectivity index is 2.56. The minimum absolute atomic E-state index is 0.122. The van der Waals surface area contributed by atoms with E-state index in [0.717, 1.165) is 12.6 Å². The molecule has 0 aliphatic rings. The van der Waals surface area contributed by atoms with Crippen molar-refractivity contribution in [1.82, 2.24) is 4.98 Å². The Morgan fingerprint density at radius 2 is 2.29 bits per heavy atom. The van der Waals surface area contributed by atoms with E-state index in [-0.39, 0.29) is 11.3 Å². The highest BCUT2D eigenvalue weighted by molar-refractivity contribution is 5.96. The van der Waals surface area contributed by atoms with Crippen molar-refractivity contribution in [3.63, 3.8) is 0 Å². The number of carbonyl (C=O) groups excluding carboxylic acids is 1. The van der Waals surface area contributed by atoms with E-state index in [9.17, 15) is 9.18 Å². The van der Waals surface area contributed by atoms with Crippen molar-refractivity contribution in [2.45, 2.75) is 19.3 Å². The Bertz CT molecular complexity index is 315. The average Bonchev–Trinajstić information content (AvgIpc) is 2.18. The predicted molar refractivity (Wildman–Crippen MR) is 51.4 cm³/mol. The van der Waals surface area contributed by atoms with Crippen LogP contribution in [0.15, 0.2) is 18.5 Å². The largest absolute Gasteiger partial charge is 0.330 e. The van der Waals surface area contributed by atoms with Gasteiger partial charge in [-0.15, -0.1) is 0 Å². The van der Waals surface area contributed by atoms with Gasteiger partial charge in [0.25, 0.3) is 0 Å². The average molecular weight is 196 g/mol. The molecule has 76 valence electrons. The molecule has 3 nitrogen and oxygen atoms in total. The normalized spacial score (nSPS) is 10.1. The van der Waals surface area contributed by atoms with Gasteiger partial charge in [-0.25, -0.2) is 4.39 Å². The quantitative estimate of drug-likeness (QED) is 0.574. The summed E-state index contributed by atoms with van der Waals surface area (Å²) in [5.41, 5.74) is 5.41. The Labute approximate surface area is 82.1 Å². The highest BCUT2D eigenvalue weighted by Gasteiger charge is 2.10. The molecule has 0 fully saturated rings. The smallest absolute Gasteiger partial charge is 0.165 e. The first-order chi connectivity index (χ1) is 6.75. The maximum Gasteiger partial charge on any atom is 0.165 e. The van der Waals surface area contributed by atoms with Crippen LogP contribution >= 0.6 is 0 Å². The molecule has 0 spiro atoms. The van der Waals surface area contributed by atoms with E-state index in [0.29, 0.717) is 19.4 Å². The van der Waals surface area contributed by atoms with Crippen LogP contribution in [-0.4, -0.2) is 17.3 Å². The lowest BCUT2D eigenvalue weighted by Gasteiger charge is -2.00. The van der Waals surface area contributed by atoms with Crippen molar-refractivity contribution >= 4 is 5.78 Å². The van der Waals surface area contributed by atoms with Crippen molar-refractivity contribution < 1.29 is 9.18 Å². The zero-order chi connectivity index (χ0) is 10.4. The number of nitrogens with zero attached hydrogens (tertiary/aromatic N) is 1. The second kappa shape index (κ2) is 5.44. The van der Waals surface area contributed by atoms with E-state index in [1.165, 1.54) is 12.3 Å². The van der Waals surface area contributed by atoms with E-state index in [1.54, 1.807) is 0 Å². The third-order valence-corrected chi connectivity index (χ3v) is 1.93. The third kappa shape index (κ3) is 2.88. The number of aromatic nitrogens is 1. The van der Waals surface area contributed by atoms with Gasteiger partial charge in [0.15, 0.2) is 11.6 Å². The fourth-order valence-electron chi connectivity index (χ4n) is 1.17. The summed E-state index contributed by atoms with van der Waals surface area (Å²) in [6.45, 7) is 0.562. The van der Waals surface area contributed by atoms with Gasteiger partial charge in [-0.2, -0.15) is 0 Å². The van der Waals surface area contributed by atoms with E-state index in [2.05, 4.69) is 4.98 Å². The summed E-state index contributed by atoms with van der Waals surface area (Å²) in [4.78, 5) is 15.0. The summed E-state index contributed by atoms with van der Waals surface area (Å²) >= 11 is 0. The van der Waals surface area contributed by atoms with Crippen LogP contribution in [0.1, 0.15) is 29.6 Å². The topological polar surface area (TPSA) is 56.0 Å². The van der Waals surface area contributed by atoms with Gasteiger partial charge in [-0.1, -0.05) is 0 Å². The Hall–Kier alpha value is -1.29. The van der Waals surface area contributed by atoms with E-state index >= 15 is 0 Å². The molecule has 0 radical (unpaired) electrons. The molecule has 1 heterocycles. The Morgan fingerprint density at radius 1 is 1.50 bits per heavy atom. The van der Waals surface area contributed by atoms with Gasteiger partial charge >= 0.3 is 0 Å². The van der Waals surface area contributed by atoms with Crippen LogP contribution in [-0.2, 0) is 0 Å². The zero-order valence-electron chi connectivity index (χ0n) is 7.87. The minimum atomic E-state index is -0.551. The molecular formula is C10H13FN2O. The number of Topliss-reactive ketones (excluding diaryl/α,β-unsaturated/α-hetero) is 1. The number of carbonyl (C=O) groups is 1. The highest BCUT2D eigenvalue weighted by atomic mass is 19.1. The van der Waals surface area contributed by atoms with Gasteiger partial charge in [-0.05, 0) is 25.5 Å². The van der Waals surface area contributed by atoms with Crippen LogP contribution in [0.5, 0.6) is 0 Å². The molecular weight excluding hydrogens is 183 g/mol. The summed E-state index contributed by atoms with van der Waals surface area (Å²) in [6.07, 6.45) is 4.31. The van der Waals surface area contributed by atoms with Crippen LogP contribution in [0.25, 0.3) is 0 Å². The van der Waals surface area contributed by atoms with Crippen LogP contribution in [0.3, 0.4) is 0 Å². The summed E-state index contributed by atoms with van der Waals surface area (Å²) in [6, 6.07) is 1.40. The lowest BCUT2D eigenvalue weighted by molar-refractivity contribution is 0.0975. The minimum Gasteiger partial charge on any atom is -0.330 e. The van der Waals surface area contributed by atoms with Crippen molar-refractivity contribution in [1.29, 1.82) is 0 Å². The van der Waals surface area contributed by atoms with Gasteiger partial charge in [0, 0.05) is 12.6 Å². The van der Waals surface area contributed by atoms with E-state index in [1.807, 2.05) is 0 Å². The molecule has 1 aromatic heterocycles. The number of pyridine rings is 1. The second-order valence-corrected chi connectivity index (χ2v) is 3.02. The summed E-state index contributed by atoms with van der Waals surface area (Å²) in [5.74, 6) is -0.733. The van der Waals surface area contributed by atoms with Crippen molar-refractivity contribution in [3.8, 4) is 0 Å². The summed E-state index contributed by atoms with van der Waals surface area (Å²) in [7, 11) is 0. The van der Waals surface area contributed by atoms with Crippen LogP contribution in [0.2, 0.25) is 0 Å². The molecule has 0 saturated heterocycles. The molecule has 0 aliphatic carbocycles. The second-order valence-electron chi connectivity index (χ2n) is 3.02. The molecule has 0 unspecified atom stereocenters. The molecule has 0 atom stereocenters. The van der Waals surface area contributed by atoms with E-state index in [4.69, 9.17) is 5.73 Å². The van der Waals surface area contributed by atoms with Crippen LogP contribution < -0.4 is 5.73 Å². The molecule has 2 N–H and O–H groups in total. The molecule has 0 aromatic carbocycles. The molecule has 0 aliphatic heterocycles. The fourth-order valence-corrected chi connectivity index (χ4v) is 1.17. The number of ketones is 1. The summed E-state index contributed by atoms with van der Waals surface area (Å²) in [5, 5.41) is 0. The molecule has 4 heteroatoms.